The summed E-state index contributed by atoms with van der Waals surface area (Å²) in [5.41, 5.74) is -2.23. The average molecular weight is 578 g/mol. The molecule has 1 aromatic heterocycles. The number of pyridine rings is 1. The Kier molecular flexibility index (Phi) is 6.75. The van der Waals surface area contributed by atoms with Crippen LogP contribution in [0.5, 0.6) is 17.4 Å². The number of ketones is 1. The smallest absolute Gasteiger partial charge is 0.319 e. The largest absolute Gasteiger partial charge is 0.497 e. The molecule has 5 rings (SSSR count). The third-order valence-electron chi connectivity index (χ3n) is 6.83. The fourth-order valence-electron chi connectivity index (χ4n) is 4.83. The van der Waals surface area contributed by atoms with Gasteiger partial charge in [-0.15, -0.1) is 0 Å². The molecule has 1 fully saturated rings. The Balaban J connectivity index is 1.79. The first kappa shape index (κ1) is 27.4. The van der Waals surface area contributed by atoms with E-state index in [9.17, 15) is 28.1 Å². The van der Waals surface area contributed by atoms with Crippen LogP contribution in [0.15, 0.2) is 59.6 Å². The lowest BCUT2D eigenvalue weighted by Crippen LogP contribution is -2.61. The summed E-state index contributed by atoms with van der Waals surface area (Å²) in [6, 6.07) is 12.1. The number of carbonyl (C=O) groups excluding carboxylic acids is 3. The number of fused-ring (bicyclic) bond motifs is 1. The molecule has 0 spiro atoms. The Bertz CT molecular complexity index is 1740. The minimum absolute atomic E-state index is 0.0101. The van der Waals surface area contributed by atoms with Crippen molar-refractivity contribution >= 4 is 33.4 Å². The first-order valence-corrected chi connectivity index (χ1v) is 13.5. The summed E-state index contributed by atoms with van der Waals surface area (Å²) >= 11 is 0. The Morgan fingerprint density at radius 1 is 1.02 bits per heavy atom. The molecular weight excluding hydrogens is 554 g/mol. The highest BCUT2D eigenvalue weighted by atomic mass is 32.2. The van der Waals surface area contributed by atoms with Crippen LogP contribution in [0.1, 0.15) is 16.7 Å². The molecule has 210 valence electrons. The summed E-state index contributed by atoms with van der Waals surface area (Å²) in [6.07, 6.45) is 1.40. The molecule has 1 atom stereocenters. The van der Waals surface area contributed by atoms with E-state index >= 15 is 0 Å². The number of sulfonamides is 1. The zero-order valence-corrected chi connectivity index (χ0v) is 22.9. The summed E-state index contributed by atoms with van der Waals surface area (Å²) in [5.74, 6) is -1.12. The van der Waals surface area contributed by atoms with Crippen LogP contribution < -0.4 is 23.8 Å². The molecule has 3 amide bonds. The second-order valence-electron chi connectivity index (χ2n) is 9.07. The molecule has 2 aliphatic rings. The van der Waals surface area contributed by atoms with E-state index < -0.39 is 27.5 Å². The highest BCUT2D eigenvalue weighted by Gasteiger charge is 2.59. The van der Waals surface area contributed by atoms with E-state index in [1.54, 1.807) is 0 Å². The molecule has 1 N–H and O–H groups in total. The molecule has 41 heavy (non-hydrogen) atoms. The second kappa shape index (κ2) is 10.1. The third kappa shape index (κ3) is 4.18. The van der Waals surface area contributed by atoms with Gasteiger partial charge in [0.05, 0.1) is 57.3 Å². The van der Waals surface area contributed by atoms with Gasteiger partial charge in [-0.1, -0.05) is 0 Å². The van der Waals surface area contributed by atoms with Gasteiger partial charge in [0, 0.05) is 17.8 Å². The summed E-state index contributed by atoms with van der Waals surface area (Å²) in [7, 11) is -0.727. The topological polar surface area (TPSA) is 168 Å². The Morgan fingerprint density at radius 3 is 2.41 bits per heavy atom. The van der Waals surface area contributed by atoms with Gasteiger partial charge in [-0.3, -0.25) is 9.59 Å². The highest BCUT2D eigenvalue weighted by Crippen LogP contribution is 2.50. The molecule has 2 aromatic carbocycles. The number of likely N-dealkylation sites (tertiary alicyclic amines) is 1. The molecule has 1 saturated heterocycles. The number of ether oxygens (including phenoxy) is 3. The number of Topliss-reactive ketones (excluding diaryl/α,β-unsaturated/α-hetero) is 1. The number of nitrogens with one attached hydrogen (secondary N) is 1. The molecule has 14 heteroatoms. The number of hydrogen-bond donors (Lipinski definition) is 1. The number of nitrogens with zero attached hydrogens (tertiary/aromatic N) is 4. The Hall–Kier alpha value is -5.16. The van der Waals surface area contributed by atoms with Crippen LogP contribution in [-0.2, 0) is 25.2 Å². The van der Waals surface area contributed by atoms with E-state index in [1.807, 2.05) is 6.07 Å². The molecule has 3 heterocycles. The van der Waals surface area contributed by atoms with E-state index in [1.165, 1.54) is 76.1 Å². The Labute approximate surface area is 234 Å². The van der Waals surface area contributed by atoms with E-state index in [0.717, 1.165) is 4.90 Å². The van der Waals surface area contributed by atoms with Crippen molar-refractivity contribution < 1.29 is 37.0 Å². The van der Waals surface area contributed by atoms with Crippen LogP contribution in [0.25, 0.3) is 0 Å². The van der Waals surface area contributed by atoms with Gasteiger partial charge in [0.1, 0.15) is 16.4 Å². The van der Waals surface area contributed by atoms with Gasteiger partial charge in [0.2, 0.25) is 5.88 Å². The molecule has 0 radical (unpaired) electrons. The number of hydrogen-bond acceptors (Lipinski definition) is 10. The van der Waals surface area contributed by atoms with Crippen molar-refractivity contribution in [1.82, 2.24) is 15.2 Å². The fraction of sp³-hybridized carbons (Fsp3) is 0.222. The van der Waals surface area contributed by atoms with Crippen LogP contribution in [0.4, 0.5) is 10.5 Å². The lowest BCUT2D eigenvalue weighted by Gasteiger charge is -2.36. The van der Waals surface area contributed by atoms with Crippen molar-refractivity contribution in [2.45, 2.75) is 10.4 Å². The molecular formula is C27H23N5O8S. The van der Waals surface area contributed by atoms with Gasteiger partial charge in [0.15, 0.2) is 11.3 Å². The van der Waals surface area contributed by atoms with Gasteiger partial charge in [-0.05, 0) is 42.5 Å². The third-order valence-corrected chi connectivity index (χ3v) is 8.56. The molecule has 13 nitrogen and oxygen atoms in total. The molecule has 0 unspecified atom stereocenters. The van der Waals surface area contributed by atoms with E-state index in [2.05, 4.69) is 10.3 Å². The quantitative estimate of drug-likeness (QED) is 0.435. The van der Waals surface area contributed by atoms with E-state index in [0.29, 0.717) is 10.1 Å². The van der Waals surface area contributed by atoms with Crippen molar-refractivity contribution in [3.8, 4) is 23.4 Å². The number of methoxy groups -OCH3 is 3. The van der Waals surface area contributed by atoms with Crippen molar-refractivity contribution in [2.75, 3.05) is 38.7 Å². The summed E-state index contributed by atoms with van der Waals surface area (Å²) in [6.45, 7) is -0.368. The highest BCUT2D eigenvalue weighted by molar-refractivity contribution is 7.93. The fourth-order valence-corrected chi connectivity index (χ4v) is 6.44. The predicted molar refractivity (Wildman–Crippen MR) is 142 cm³/mol. The summed E-state index contributed by atoms with van der Waals surface area (Å²) < 4.78 is 45.0. The van der Waals surface area contributed by atoms with Gasteiger partial charge >= 0.3 is 6.03 Å². The number of aromatic nitrogens is 1. The molecule has 0 saturated carbocycles. The number of nitriles is 1. The van der Waals surface area contributed by atoms with Crippen LogP contribution in [0.2, 0.25) is 0 Å². The maximum Gasteiger partial charge on any atom is 0.319 e. The van der Waals surface area contributed by atoms with Crippen molar-refractivity contribution in [3.63, 3.8) is 0 Å². The number of rotatable bonds is 7. The predicted octanol–water partition coefficient (Wildman–Crippen LogP) is 1.55. The second-order valence-corrected chi connectivity index (χ2v) is 10.8. The minimum Gasteiger partial charge on any atom is -0.497 e. The number of amides is 3. The normalized spacial score (nSPS) is 17.8. The maximum absolute atomic E-state index is 14.6. The number of urea groups is 1. The first-order valence-electron chi connectivity index (χ1n) is 12.1. The van der Waals surface area contributed by atoms with Crippen molar-refractivity contribution in [3.05, 3.63) is 71.4 Å². The van der Waals surface area contributed by atoms with Crippen molar-refractivity contribution in [1.29, 1.82) is 5.26 Å². The molecule has 0 bridgehead atoms. The number of anilines is 1. The SMILES string of the molecule is COc1ccc(S(=O)(=O)N2C(=O)[C@@](NC(=O)N3CC(=O)C3)(c3cccnc3OC)c3cc(C#N)ccc32)c(OC)c1. The van der Waals surface area contributed by atoms with Crippen molar-refractivity contribution in [2.24, 2.45) is 0 Å². The molecule has 3 aromatic rings. The van der Waals surface area contributed by atoms with Gasteiger partial charge < -0.3 is 24.4 Å². The molecule has 0 aliphatic carbocycles. The van der Waals surface area contributed by atoms with Crippen LogP contribution in [0.3, 0.4) is 0 Å². The lowest BCUT2D eigenvalue weighted by molar-refractivity contribution is -0.126. The van der Waals surface area contributed by atoms with Gasteiger partial charge in [0.25, 0.3) is 15.9 Å². The van der Waals surface area contributed by atoms with Crippen LogP contribution in [-0.4, -0.2) is 70.4 Å². The van der Waals surface area contributed by atoms with E-state index in [4.69, 9.17) is 14.2 Å². The number of carbonyl (C=O) groups is 3. The van der Waals surface area contributed by atoms with Gasteiger partial charge in [-0.2, -0.15) is 9.57 Å². The monoisotopic (exact) mass is 577 g/mol. The maximum atomic E-state index is 14.6. The zero-order chi connectivity index (χ0) is 29.5. The summed E-state index contributed by atoms with van der Waals surface area (Å²) in [4.78, 5) is 44.6. The van der Waals surface area contributed by atoms with E-state index in [-0.39, 0.29) is 57.8 Å². The number of benzene rings is 2. The summed E-state index contributed by atoms with van der Waals surface area (Å²) in [5, 5.41) is 12.3. The standard InChI is InChI=1S/C27H23N5O8S/c1-38-18-7-9-23(22(12-18)39-2)41(36,37)32-21-8-6-16(13-28)11-20(21)27(25(32)34,19-5-4-10-29-24(19)40-3)30-26(35)31-14-17(33)15-31/h4-12H,14-15H2,1-3H3,(H,30,35)/t27-/m1/s1. The Morgan fingerprint density at radius 2 is 1.78 bits per heavy atom. The average Bonchev–Trinajstić information content (AvgIpc) is 3.22. The zero-order valence-electron chi connectivity index (χ0n) is 22.1. The first-order chi connectivity index (χ1) is 19.6. The lowest BCUT2D eigenvalue weighted by atomic mass is 9.83. The van der Waals surface area contributed by atoms with Crippen LogP contribution >= 0.6 is 0 Å². The van der Waals surface area contributed by atoms with Gasteiger partial charge in [-0.25, -0.2) is 18.2 Å². The minimum atomic E-state index is -4.70. The van der Waals surface area contributed by atoms with Crippen LogP contribution in [0, 0.1) is 11.3 Å². The molecule has 2 aliphatic heterocycles.